The second-order valence-electron chi connectivity index (χ2n) is 8.91. The Bertz CT molecular complexity index is 963. The Morgan fingerprint density at radius 2 is 1.35 bits per heavy atom. The van der Waals surface area contributed by atoms with Crippen molar-refractivity contribution < 1.29 is 18.9 Å². The number of hydrogen-bond acceptors (Lipinski definition) is 4. The summed E-state index contributed by atoms with van der Waals surface area (Å²) in [5.74, 6) is -0.486. The molecule has 164 valence electrons. The van der Waals surface area contributed by atoms with E-state index in [1.807, 2.05) is 73.6 Å². The molecule has 6 heteroatoms. The van der Waals surface area contributed by atoms with Gasteiger partial charge in [-0.3, -0.25) is 14.5 Å². The predicted octanol–water partition coefficient (Wildman–Crippen LogP) is 4.68. The van der Waals surface area contributed by atoms with Crippen molar-refractivity contribution in [3.63, 3.8) is 0 Å². The van der Waals surface area contributed by atoms with Crippen molar-refractivity contribution >= 4 is 24.4 Å². The Kier molecular flexibility index (Phi) is 6.18. The van der Waals surface area contributed by atoms with Crippen LogP contribution in [-0.4, -0.2) is 35.0 Å². The van der Waals surface area contributed by atoms with Crippen LogP contribution < -0.4 is 5.46 Å². The van der Waals surface area contributed by atoms with E-state index in [9.17, 15) is 9.59 Å². The summed E-state index contributed by atoms with van der Waals surface area (Å²) in [6.45, 7) is 16.0. The van der Waals surface area contributed by atoms with Gasteiger partial charge in [-0.25, -0.2) is 0 Å². The van der Waals surface area contributed by atoms with Crippen LogP contribution in [0.3, 0.4) is 0 Å². The topological polar surface area (TPSA) is 55.8 Å². The molecule has 1 atom stereocenters. The van der Waals surface area contributed by atoms with E-state index < -0.39 is 18.3 Å². The molecule has 2 aliphatic heterocycles. The van der Waals surface area contributed by atoms with E-state index in [0.717, 1.165) is 16.6 Å². The van der Waals surface area contributed by atoms with Crippen molar-refractivity contribution in [1.29, 1.82) is 0 Å². The molecule has 0 bridgehead atoms. The molecule has 0 radical (unpaired) electrons. The van der Waals surface area contributed by atoms with Gasteiger partial charge < -0.3 is 9.31 Å². The first-order valence-electron chi connectivity index (χ1n) is 11.0. The van der Waals surface area contributed by atoms with E-state index >= 15 is 0 Å². The fraction of sp³-hybridized carbons (Fsp3) is 0.440. The summed E-state index contributed by atoms with van der Waals surface area (Å²) in [6.07, 6.45) is 0. The number of benzene rings is 2. The molecule has 2 aromatic carbocycles. The van der Waals surface area contributed by atoms with Crippen LogP contribution in [0, 0.1) is 6.92 Å². The lowest BCUT2D eigenvalue weighted by Crippen LogP contribution is -2.41. The Hall–Kier alpha value is -2.44. The quantitative estimate of drug-likeness (QED) is 0.534. The summed E-state index contributed by atoms with van der Waals surface area (Å²) < 4.78 is 12.3. The number of aryl methyl sites for hydroxylation is 1. The van der Waals surface area contributed by atoms with Gasteiger partial charge in [0, 0.05) is 0 Å². The van der Waals surface area contributed by atoms with Crippen LogP contribution in [0.2, 0.25) is 0 Å². The molecule has 0 spiro atoms. The summed E-state index contributed by atoms with van der Waals surface area (Å²) in [7, 11) is -0.442. The van der Waals surface area contributed by atoms with Crippen LogP contribution in [-0.2, 0) is 9.31 Å². The Morgan fingerprint density at radius 3 is 1.81 bits per heavy atom. The summed E-state index contributed by atoms with van der Waals surface area (Å²) in [4.78, 5) is 27.0. The maximum Gasteiger partial charge on any atom is 0.494 e. The number of carbonyl (C=O) groups excluding carboxylic acids is 2. The number of nitrogens with zero attached hydrogens (tertiary/aromatic N) is 1. The van der Waals surface area contributed by atoms with Gasteiger partial charge in [0.15, 0.2) is 0 Å². The second-order valence-corrected chi connectivity index (χ2v) is 8.91. The number of imide groups is 1. The summed E-state index contributed by atoms with van der Waals surface area (Å²) in [6, 6.07) is 12.5. The highest BCUT2D eigenvalue weighted by atomic mass is 16.7. The van der Waals surface area contributed by atoms with Gasteiger partial charge >= 0.3 is 7.12 Å². The highest BCUT2D eigenvalue weighted by molar-refractivity contribution is 6.62. The Morgan fingerprint density at radius 1 is 0.871 bits per heavy atom. The zero-order valence-corrected chi connectivity index (χ0v) is 19.8. The average Bonchev–Trinajstić information content (AvgIpc) is 3.11. The lowest BCUT2D eigenvalue weighted by molar-refractivity contribution is 0.00578. The van der Waals surface area contributed by atoms with Crippen molar-refractivity contribution in [1.82, 2.24) is 4.90 Å². The Labute approximate surface area is 185 Å². The average molecular weight is 421 g/mol. The molecule has 2 aromatic rings. The van der Waals surface area contributed by atoms with Crippen LogP contribution in [0.15, 0.2) is 42.5 Å². The summed E-state index contributed by atoms with van der Waals surface area (Å²) >= 11 is 0. The first kappa shape index (κ1) is 23.2. The van der Waals surface area contributed by atoms with E-state index in [1.165, 1.54) is 4.90 Å². The normalized spacial score (nSPS) is 19.7. The molecule has 1 unspecified atom stereocenters. The van der Waals surface area contributed by atoms with E-state index in [-0.39, 0.29) is 17.9 Å². The molecule has 1 fully saturated rings. The van der Waals surface area contributed by atoms with Gasteiger partial charge in [-0.05, 0) is 70.3 Å². The number of rotatable bonds is 3. The number of amides is 2. The summed E-state index contributed by atoms with van der Waals surface area (Å²) in [5.41, 5.74) is 2.97. The minimum Gasteiger partial charge on any atom is -0.399 e. The van der Waals surface area contributed by atoms with Crippen molar-refractivity contribution in [2.75, 3.05) is 0 Å². The molecule has 2 aliphatic rings. The summed E-state index contributed by atoms with van der Waals surface area (Å²) in [5, 5.41) is 0. The third-order valence-electron chi connectivity index (χ3n) is 6.48. The SMILES string of the molecule is CC.Cc1cc(B2OC(C)(C)C(C)(C)O2)ccc1C(C)N1C(=O)c2ccccc2C1=O. The van der Waals surface area contributed by atoms with Crippen molar-refractivity contribution in [3.8, 4) is 0 Å². The molecule has 0 aromatic heterocycles. The van der Waals surface area contributed by atoms with Gasteiger partial charge in [-0.15, -0.1) is 0 Å². The van der Waals surface area contributed by atoms with Crippen molar-refractivity contribution in [3.05, 3.63) is 64.7 Å². The van der Waals surface area contributed by atoms with Crippen molar-refractivity contribution in [2.45, 2.75) is 72.6 Å². The van der Waals surface area contributed by atoms with E-state index in [1.54, 1.807) is 24.3 Å². The van der Waals surface area contributed by atoms with E-state index in [2.05, 4.69) is 0 Å². The third kappa shape index (κ3) is 3.83. The first-order valence-corrected chi connectivity index (χ1v) is 11.0. The molecule has 0 saturated carbocycles. The van der Waals surface area contributed by atoms with Crippen LogP contribution in [0.5, 0.6) is 0 Å². The smallest absolute Gasteiger partial charge is 0.399 e. The molecule has 0 N–H and O–H groups in total. The number of hydrogen-bond donors (Lipinski definition) is 0. The Balaban J connectivity index is 0.00000132. The highest BCUT2D eigenvalue weighted by Crippen LogP contribution is 2.37. The van der Waals surface area contributed by atoms with Crippen LogP contribution in [0.1, 0.15) is 86.4 Å². The molecular weight excluding hydrogens is 389 g/mol. The number of fused-ring (bicyclic) bond motifs is 1. The molecule has 4 rings (SSSR count). The van der Waals surface area contributed by atoms with Gasteiger partial charge in [0.05, 0.1) is 28.4 Å². The van der Waals surface area contributed by atoms with Crippen LogP contribution in [0.25, 0.3) is 0 Å². The monoisotopic (exact) mass is 421 g/mol. The predicted molar refractivity (Wildman–Crippen MR) is 124 cm³/mol. The zero-order chi connectivity index (χ0) is 23.1. The largest absolute Gasteiger partial charge is 0.494 e. The van der Waals surface area contributed by atoms with Gasteiger partial charge in [0.1, 0.15) is 0 Å². The molecule has 5 nitrogen and oxygen atoms in total. The lowest BCUT2D eigenvalue weighted by Gasteiger charge is -2.32. The highest BCUT2D eigenvalue weighted by Gasteiger charge is 2.51. The van der Waals surface area contributed by atoms with Gasteiger partial charge in [0.25, 0.3) is 11.8 Å². The molecule has 31 heavy (non-hydrogen) atoms. The van der Waals surface area contributed by atoms with Crippen molar-refractivity contribution in [2.24, 2.45) is 0 Å². The first-order chi connectivity index (χ1) is 14.5. The molecule has 2 heterocycles. The standard InChI is InChI=1S/C23H26BNO4.C2H6/c1-14-13-16(24-28-22(3,4)23(5,6)29-24)11-12-17(14)15(2)25-20(26)18-9-7-8-10-19(18)21(25)27;1-2/h7-13,15H,1-6H3;1-2H3. The minimum atomic E-state index is -0.442. The fourth-order valence-electron chi connectivity index (χ4n) is 3.99. The maximum absolute atomic E-state index is 12.8. The molecule has 2 amide bonds. The van der Waals surface area contributed by atoms with Crippen LogP contribution >= 0.6 is 0 Å². The fourth-order valence-corrected chi connectivity index (χ4v) is 3.99. The van der Waals surface area contributed by atoms with Gasteiger partial charge in [-0.1, -0.05) is 44.2 Å². The van der Waals surface area contributed by atoms with E-state index in [4.69, 9.17) is 9.31 Å². The third-order valence-corrected chi connectivity index (χ3v) is 6.48. The minimum absolute atomic E-state index is 0.243. The lowest BCUT2D eigenvalue weighted by atomic mass is 9.77. The molecule has 1 saturated heterocycles. The molecular formula is C25H32BNO4. The van der Waals surface area contributed by atoms with Crippen LogP contribution in [0.4, 0.5) is 0 Å². The van der Waals surface area contributed by atoms with Gasteiger partial charge in [-0.2, -0.15) is 0 Å². The maximum atomic E-state index is 12.8. The van der Waals surface area contributed by atoms with Gasteiger partial charge in [0.2, 0.25) is 0 Å². The second kappa shape index (κ2) is 8.25. The number of carbonyl (C=O) groups is 2. The molecule has 0 aliphatic carbocycles. The van der Waals surface area contributed by atoms with E-state index in [0.29, 0.717) is 11.1 Å². The zero-order valence-electron chi connectivity index (χ0n) is 19.8.